The number of aromatic nitrogens is 1. The smallest absolute Gasteiger partial charge is 0.0728 e. The summed E-state index contributed by atoms with van der Waals surface area (Å²) in [6.07, 6.45) is 0. The zero-order valence-electron chi connectivity index (χ0n) is 32.7. The van der Waals surface area contributed by atoms with Crippen LogP contribution in [0.3, 0.4) is 0 Å². The lowest BCUT2D eigenvalue weighted by Gasteiger charge is -2.35. The molecule has 0 radical (unpaired) electrons. The van der Waals surface area contributed by atoms with Gasteiger partial charge in [-0.25, -0.2) is 0 Å². The van der Waals surface area contributed by atoms with Gasteiger partial charge in [0.05, 0.1) is 31.5 Å². The average Bonchev–Trinajstić information content (AvgIpc) is 3.97. The van der Waals surface area contributed by atoms with Crippen molar-refractivity contribution >= 4 is 59.6 Å². The van der Waals surface area contributed by atoms with Gasteiger partial charge >= 0.3 is 0 Å². The number of hydrogen-bond acceptors (Lipinski definition) is 2. The molecule has 2 heterocycles. The van der Waals surface area contributed by atoms with Gasteiger partial charge in [-0.1, -0.05) is 182 Å². The monoisotopic (exact) mass is 782 g/mol. The standard InChI is InChI=1S/C57H38N2S/c1-4-18-39(19-5-1)40-34-36-44(37-35-40)58(53-33-17-29-49-54-56(60-55(49)53)48-28-12-15-32-52(48)59(54)43-23-8-3-9-24-43)45-25-16-22-42(38-45)57(41-20-6-2-7-21-41)50-30-13-10-26-46(50)47-27-11-14-31-51(47)57/h1-38H. The van der Waals surface area contributed by atoms with Gasteiger partial charge in [-0.3, -0.25) is 0 Å². The summed E-state index contributed by atoms with van der Waals surface area (Å²) >= 11 is 1.90. The molecule has 0 spiro atoms. The minimum absolute atomic E-state index is 0.511. The molecule has 282 valence electrons. The van der Waals surface area contributed by atoms with Crippen LogP contribution in [-0.4, -0.2) is 4.57 Å². The van der Waals surface area contributed by atoms with Gasteiger partial charge in [-0.2, -0.15) is 0 Å². The van der Waals surface area contributed by atoms with Crippen molar-refractivity contribution in [3.63, 3.8) is 0 Å². The fraction of sp³-hybridized carbons (Fsp3) is 0.0175. The van der Waals surface area contributed by atoms with Crippen LogP contribution in [0, 0.1) is 0 Å². The maximum Gasteiger partial charge on any atom is 0.0728 e. The zero-order chi connectivity index (χ0) is 39.6. The van der Waals surface area contributed by atoms with Gasteiger partial charge in [0.15, 0.2) is 0 Å². The minimum Gasteiger partial charge on any atom is -0.309 e. The van der Waals surface area contributed by atoms with E-state index in [1.54, 1.807) is 0 Å². The minimum atomic E-state index is -0.511. The van der Waals surface area contributed by atoms with Crippen molar-refractivity contribution in [2.24, 2.45) is 0 Å². The van der Waals surface area contributed by atoms with Gasteiger partial charge in [-0.05, 0) is 93.0 Å². The summed E-state index contributed by atoms with van der Waals surface area (Å²) in [5.41, 5.74) is 16.6. The molecular formula is C57H38N2S. The number of para-hydroxylation sites is 2. The normalized spacial score (nSPS) is 12.8. The second-order valence-corrected chi connectivity index (χ2v) is 16.6. The van der Waals surface area contributed by atoms with Crippen molar-refractivity contribution in [2.75, 3.05) is 4.90 Å². The van der Waals surface area contributed by atoms with E-state index in [-0.39, 0.29) is 0 Å². The predicted molar refractivity (Wildman–Crippen MR) is 254 cm³/mol. The third-order valence-electron chi connectivity index (χ3n) is 12.5. The Kier molecular flexibility index (Phi) is 7.97. The van der Waals surface area contributed by atoms with E-state index in [0.717, 1.165) is 22.7 Å². The molecule has 2 aromatic heterocycles. The van der Waals surface area contributed by atoms with Crippen molar-refractivity contribution in [2.45, 2.75) is 5.41 Å². The first-order valence-corrected chi connectivity index (χ1v) is 21.4. The highest BCUT2D eigenvalue weighted by Crippen LogP contribution is 2.57. The van der Waals surface area contributed by atoms with Crippen molar-refractivity contribution in [3.05, 3.63) is 253 Å². The first-order valence-electron chi connectivity index (χ1n) is 20.6. The van der Waals surface area contributed by atoms with Crippen LogP contribution in [0.15, 0.2) is 231 Å². The largest absolute Gasteiger partial charge is 0.309 e. The van der Waals surface area contributed by atoms with Crippen molar-refractivity contribution in [3.8, 4) is 27.9 Å². The van der Waals surface area contributed by atoms with E-state index >= 15 is 0 Å². The zero-order valence-corrected chi connectivity index (χ0v) is 33.6. The van der Waals surface area contributed by atoms with E-state index in [2.05, 4.69) is 240 Å². The number of thiophene rings is 1. The molecule has 12 rings (SSSR count). The Morgan fingerprint density at radius 2 is 0.967 bits per heavy atom. The third-order valence-corrected chi connectivity index (χ3v) is 13.7. The van der Waals surface area contributed by atoms with E-state index in [0.29, 0.717) is 0 Å². The van der Waals surface area contributed by atoms with Crippen LogP contribution >= 0.6 is 11.3 Å². The summed E-state index contributed by atoms with van der Waals surface area (Å²) in [5, 5.41) is 2.52. The van der Waals surface area contributed by atoms with Gasteiger partial charge in [0, 0.05) is 27.8 Å². The van der Waals surface area contributed by atoms with Gasteiger partial charge in [0.1, 0.15) is 0 Å². The summed E-state index contributed by atoms with van der Waals surface area (Å²) in [7, 11) is 0. The molecule has 60 heavy (non-hydrogen) atoms. The molecule has 0 fully saturated rings. The molecule has 0 atom stereocenters. The van der Waals surface area contributed by atoms with Crippen LogP contribution in [0.2, 0.25) is 0 Å². The second-order valence-electron chi connectivity index (χ2n) is 15.6. The van der Waals surface area contributed by atoms with Crippen molar-refractivity contribution in [1.82, 2.24) is 4.57 Å². The van der Waals surface area contributed by atoms with Gasteiger partial charge < -0.3 is 9.47 Å². The van der Waals surface area contributed by atoms with Crippen molar-refractivity contribution in [1.29, 1.82) is 0 Å². The second kappa shape index (κ2) is 13.8. The molecule has 2 nitrogen and oxygen atoms in total. The lowest BCUT2D eigenvalue weighted by molar-refractivity contribution is 0.768. The van der Waals surface area contributed by atoms with Gasteiger partial charge in [0.25, 0.3) is 0 Å². The van der Waals surface area contributed by atoms with E-state index in [9.17, 15) is 0 Å². The summed E-state index contributed by atoms with van der Waals surface area (Å²) in [6.45, 7) is 0. The summed E-state index contributed by atoms with van der Waals surface area (Å²) in [5.74, 6) is 0. The molecule has 9 aromatic carbocycles. The van der Waals surface area contributed by atoms with E-state index in [4.69, 9.17) is 0 Å². The Morgan fingerprint density at radius 3 is 1.70 bits per heavy atom. The summed E-state index contributed by atoms with van der Waals surface area (Å²) < 4.78 is 5.00. The average molecular weight is 783 g/mol. The number of fused-ring (bicyclic) bond motifs is 8. The quantitative estimate of drug-likeness (QED) is 0.156. The highest BCUT2D eigenvalue weighted by atomic mass is 32.1. The van der Waals surface area contributed by atoms with Gasteiger partial charge in [0.2, 0.25) is 0 Å². The SMILES string of the molecule is c1ccc(-c2ccc(N(c3cccc(C4(c5ccccc5)c5ccccc5-c5ccccc54)c3)c3cccc4c3sc3c5ccccc5n(-c5ccccc5)c43)cc2)cc1. The Hall–Kier alpha value is -7.46. The summed E-state index contributed by atoms with van der Waals surface area (Å²) in [4.78, 5) is 2.48. The Balaban J connectivity index is 1.13. The van der Waals surface area contributed by atoms with E-state index in [1.165, 1.54) is 75.7 Å². The van der Waals surface area contributed by atoms with Crippen LogP contribution in [0.4, 0.5) is 17.1 Å². The van der Waals surface area contributed by atoms with Gasteiger partial charge in [-0.15, -0.1) is 11.3 Å². The Bertz CT molecular complexity index is 3320. The molecule has 0 saturated heterocycles. The topological polar surface area (TPSA) is 8.17 Å². The number of rotatable bonds is 7. The highest BCUT2D eigenvalue weighted by Gasteiger charge is 2.46. The molecule has 0 amide bonds. The molecule has 1 aliphatic rings. The molecule has 3 heteroatoms. The molecular weight excluding hydrogens is 745 g/mol. The number of anilines is 3. The van der Waals surface area contributed by atoms with Crippen LogP contribution in [0.5, 0.6) is 0 Å². The molecule has 0 aliphatic heterocycles. The third kappa shape index (κ3) is 5.13. The molecule has 0 N–H and O–H groups in total. The maximum absolute atomic E-state index is 2.48. The molecule has 0 bridgehead atoms. The van der Waals surface area contributed by atoms with E-state index < -0.39 is 5.41 Å². The summed E-state index contributed by atoms with van der Waals surface area (Å²) in [6, 6.07) is 84.6. The van der Waals surface area contributed by atoms with Crippen LogP contribution in [0.25, 0.3) is 59.1 Å². The molecule has 0 saturated carbocycles. The molecule has 11 aromatic rings. The Morgan fingerprint density at radius 1 is 0.400 bits per heavy atom. The predicted octanol–water partition coefficient (Wildman–Crippen LogP) is 15.5. The first kappa shape index (κ1) is 34.6. The van der Waals surface area contributed by atoms with Crippen LogP contribution < -0.4 is 4.90 Å². The lowest BCUT2D eigenvalue weighted by atomic mass is 9.67. The fourth-order valence-electron chi connectivity index (χ4n) is 9.95. The van der Waals surface area contributed by atoms with E-state index in [1.807, 2.05) is 11.3 Å². The number of nitrogens with zero attached hydrogens (tertiary/aromatic N) is 2. The highest BCUT2D eigenvalue weighted by molar-refractivity contribution is 7.27. The molecule has 0 unspecified atom stereocenters. The Labute approximate surface area is 353 Å². The molecule has 1 aliphatic carbocycles. The van der Waals surface area contributed by atoms with Crippen LogP contribution in [0.1, 0.15) is 22.3 Å². The number of benzene rings is 9. The fourth-order valence-corrected chi connectivity index (χ4v) is 11.3. The first-order chi connectivity index (χ1) is 29.8. The number of hydrogen-bond donors (Lipinski definition) is 0. The maximum atomic E-state index is 2.48. The lowest BCUT2D eigenvalue weighted by Crippen LogP contribution is -2.28. The van der Waals surface area contributed by atoms with Crippen LogP contribution in [-0.2, 0) is 5.41 Å². The van der Waals surface area contributed by atoms with Crippen molar-refractivity contribution < 1.29 is 0 Å².